The summed E-state index contributed by atoms with van der Waals surface area (Å²) in [7, 11) is 3.18. The molecule has 0 fully saturated rings. The van der Waals surface area contributed by atoms with Crippen LogP contribution >= 0.6 is 23.2 Å². The highest BCUT2D eigenvalue weighted by molar-refractivity contribution is 6.36. The molecule has 21 heavy (non-hydrogen) atoms. The first-order chi connectivity index (χ1) is 9.76. The molecule has 0 bridgehead atoms. The summed E-state index contributed by atoms with van der Waals surface area (Å²) < 4.78 is 0. The van der Waals surface area contributed by atoms with E-state index in [-0.39, 0.29) is 17.9 Å². The van der Waals surface area contributed by atoms with Crippen molar-refractivity contribution in [3.63, 3.8) is 0 Å². The van der Waals surface area contributed by atoms with Crippen LogP contribution < -0.4 is 10.6 Å². The molecule has 0 heterocycles. The lowest BCUT2D eigenvalue weighted by molar-refractivity contribution is -0.124. The normalized spacial score (nSPS) is 11.7. The first-order valence-corrected chi connectivity index (χ1v) is 7.21. The molecule has 0 saturated carbocycles. The second-order valence-corrected chi connectivity index (χ2v) is 5.71. The molecule has 5 nitrogen and oxygen atoms in total. The molecule has 1 aromatic carbocycles. The lowest BCUT2D eigenvalue weighted by Gasteiger charge is -2.21. The summed E-state index contributed by atoms with van der Waals surface area (Å²) >= 11 is 12.0. The summed E-state index contributed by atoms with van der Waals surface area (Å²) in [5.41, 5.74) is 1.28. The van der Waals surface area contributed by atoms with Gasteiger partial charge in [0, 0.05) is 36.4 Å². The Morgan fingerprint density at radius 3 is 2.29 bits per heavy atom. The number of carbonyl (C=O) groups is 2. The van der Waals surface area contributed by atoms with Crippen molar-refractivity contribution < 1.29 is 9.59 Å². The zero-order chi connectivity index (χ0) is 16.2. The van der Waals surface area contributed by atoms with Gasteiger partial charge in [-0.15, -0.1) is 0 Å². The Labute approximate surface area is 134 Å². The van der Waals surface area contributed by atoms with Gasteiger partial charge < -0.3 is 15.5 Å². The first kappa shape index (κ1) is 17.6. The Morgan fingerprint density at radius 2 is 1.81 bits per heavy atom. The highest BCUT2D eigenvalue weighted by atomic mass is 35.5. The van der Waals surface area contributed by atoms with Gasteiger partial charge in [0.25, 0.3) is 0 Å². The summed E-state index contributed by atoms with van der Waals surface area (Å²) in [4.78, 5) is 24.9. The predicted octanol–water partition coefficient (Wildman–Crippen LogP) is 3.15. The third-order valence-corrected chi connectivity index (χ3v) is 3.91. The van der Waals surface area contributed by atoms with E-state index in [1.807, 2.05) is 0 Å². The Balaban J connectivity index is 2.70. The molecule has 7 heteroatoms. The zero-order valence-electron chi connectivity index (χ0n) is 12.5. The first-order valence-electron chi connectivity index (χ1n) is 6.45. The lowest BCUT2D eigenvalue weighted by atomic mass is 10.1. The van der Waals surface area contributed by atoms with Gasteiger partial charge in [0.2, 0.25) is 5.91 Å². The van der Waals surface area contributed by atoms with Crippen LogP contribution in [0.5, 0.6) is 0 Å². The van der Waals surface area contributed by atoms with Gasteiger partial charge in [0.1, 0.15) is 0 Å². The Kier molecular flexibility index (Phi) is 6.30. The molecule has 1 rings (SSSR count). The van der Waals surface area contributed by atoms with Crippen molar-refractivity contribution in [2.75, 3.05) is 26.0 Å². The summed E-state index contributed by atoms with van der Waals surface area (Å²) in [5, 5.41) is 6.22. The molecular weight excluding hydrogens is 313 g/mol. The standard InChI is InChI=1S/C14H19Cl2N3O2/c1-8(13(20)17-3)7-19(4)14(21)18-10-5-11(15)9(2)12(16)6-10/h5-6,8H,7H2,1-4H3,(H,17,20)(H,18,21). The van der Waals surface area contributed by atoms with Gasteiger partial charge in [-0.2, -0.15) is 0 Å². The van der Waals surface area contributed by atoms with Gasteiger partial charge >= 0.3 is 6.03 Å². The molecular formula is C14H19Cl2N3O2. The summed E-state index contributed by atoms with van der Waals surface area (Å²) in [6.07, 6.45) is 0. The SMILES string of the molecule is CNC(=O)C(C)CN(C)C(=O)Nc1cc(Cl)c(C)c(Cl)c1. The molecule has 0 aromatic heterocycles. The van der Waals surface area contributed by atoms with E-state index in [0.29, 0.717) is 22.3 Å². The van der Waals surface area contributed by atoms with Crippen molar-refractivity contribution in [3.8, 4) is 0 Å². The van der Waals surface area contributed by atoms with E-state index in [9.17, 15) is 9.59 Å². The monoisotopic (exact) mass is 331 g/mol. The van der Waals surface area contributed by atoms with Crippen molar-refractivity contribution in [3.05, 3.63) is 27.7 Å². The van der Waals surface area contributed by atoms with Crippen molar-refractivity contribution in [2.24, 2.45) is 5.92 Å². The van der Waals surface area contributed by atoms with Crippen LogP contribution in [0.1, 0.15) is 12.5 Å². The number of hydrogen-bond acceptors (Lipinski definition) is 2. The van der Waals surface area contributed by atoms with Crippen molar-refractivity contribution in [1.82, 2.24) is 10.2 Å². The van der Waals surface area contributed by atoms with E-state index in [1.54, 1.807) is 40.1 Å². The van der Waals surface area contributed by atoms with Gasteiger partial charge in [-0.3, -0.25) is 4.79 Å². The third kappa shape index (κ3) is 4.79. The van der Waals surface area contributed by atoms with Gasteiger partial charge in [-0.1, -0.05) is 30.1 Å². The molecule has 0 aliphatic rings. The molecule has 1 unspecified atom stereocenters. The number of urea groups is 1. The molecule has 1 aromatic rings. The van der Waals surface area contributed by atoms with E-state index in [0.717, 1.165) is 5.56 Å². The molecule has 0 aliphatic heterocycles. The molecule has 116 valence electrons. The fraction of sp³-hybridized carbons (Fsp3) is 0.429. The summed E-state index contributed by atoms with van der Waals surface area (Å²) in [5.74, 6) is -0.410. The second-order valence-electron chi connectivity index (χ2n) is 4.89. The third-order valence-electron chi connectivity index (χ3n) is 3.12. The minimum atomic E-state index is -0.332. The van der Waals surface area contributed by atoms with Crippen molar-refractivity contribution in [2.45, 2.75) is 13.8 Å². The fourth-order valence-electron chi connectivity index (χ4n) is 1.76. The number of benzene rings is 1. The van der Waals surface area contributed by atoms with Crippen LogP contribution in [-0.2, 0) is 4.79 Å². The van der Waals surface area contributed by atoms with Crippen molar-refractivity contribution >= 4 is 40.8 Å². The minimum Gasteiger partial charge on any atom is -0.359 e. The highest BCUT2D eigenvalue weighted by Gasteiger charge is 2.17. The number of halogens is 2. The van der Waals surface area contributed by atoms with Gasteiger partial charge in [0.05, 0.1) is 5.92 Å². The van der Waals surface area contributed by atoms with E-state index >= 15 is 0 Å². The predicted molar refractivity (Wildman–Crippen MR) is 86.1 cm³/mol. The van der Waals surface area contributed by atoms with Crippen LogP contribution in [0.2, 0.25) is 10.0 Å². The van der Waals surface area contributed by atoms with Crippen LogP contribution in [0.15, 0.2) is 12.1 Å². The largest absolute Gasteiger partial charge is 0.359 e. The Bertz CT molecular complexity index is 526. The topological polar surface area (TPSA) is 61.4 Å². The number of hydrogen-bond donors (Lipinski definition) is 2. The maximum atomic E-state index is 12.1. The molecule has 0 saturated heterocycles. The average molecular weight is 332 g/mol. The van der Waals surface area contributed by atoms with Crippen LogP contribution in [0.25, 0.3) is 0 Å². The minimum absolute atomic E-state index is 0.115. The molecule has 3 amide bonds. The van der Waals surface area contributed by atoms with E-state index in [1.165, 1.54) is 4.90 Å². The maximum absolute atomic E-state index is 12.1. The molecule has 0 spiro atoms. The number of nitrogens with one attached hydrogen (secondary N) is 2. The summed E-state index contributed by atoms with van der Waals surface area (Å²) in [6, 6.07) is 2.94. The maximum Gasteiger partial charge on any atom is 0.321 e. The number of anilines is 1. The van der Waals surface area contributed by atoms with Gasteiger partial charge in [0.15, 0.2) is 0 Å². The van der Waals surface area contributed by atoms with Crippen LogP contribution in [0.3, 0.4) is 0 Å². The van der Waals surface area contributed by atoms with Crippen molar-refractivity contribution in [1.29, 1.82) is 0 Å². The molecule has 2 N–H and O–H groups in total. The Hall–Kier alpha value is -1.46. The van der Waals surface area contributed by atoms with E-state index in [4.69, 9.17) is 23.2 Å². The second kappa shape index (κ2) is 7.52. The van der Waals surface area contributed by atoms with Crippen LogP contribution in [0.4, 0.5) is 10.5 Å². The van der Waals surface area contributed by atoms with Crippen LogP contribution in [-0.4, -0.2) is 37.5 Å². The summed E-state index contributed by atoms with van der Waals surface area (Å²) in [6.45, 7) is 3.86. The fourth-order valence-corrected chi connectivity index (χ4v) is 2.25. The number of carbonyl (C=O) groups excluding carboxylic acids is 2. The molecule has 0 aliphatic carbocycles. The van der Waals surface area contributed by atoms with E-state index < -0.39 is 0 Å². The quantitative estimate of drug-likeness (QED) is 0.890. The molecule has 0 radical (unpaired) electrons. The van der Waals surface area contributed by atoms with Crippen LogP contribution in [0, 0.1) is 12.8 Å². The Morgan fingerprint density at radius 1 is 1.29 bits per heavy atom. The van der Waals surface area contributed by atoms with E-state index in [2.05, 4.69) is 10.6 Å². The number of amides is 3. The molecule has 1 atom stereocenters. The zero-order valence-corrected chi connectivity index (χ0v) is 14.0. The number of rotatable bonds is 4. The van der Waals surface area contributed by atoms with Gasteiger partial charge in [-0.25, -0.2) is 4.79 Å². The van der Waals surface area contributed by atoms with Gasteiger partial charge in [-0.05, 0) is 24.6 Å². The lowest BCUT2D eigenvalue weighted by Crippen LogP contribution is -2.39. The smallest absolute Gasteiger partial charge is 0.321 e. The average Bonchev–Trinajstić information content (AvgIpc) is 2.43. The number of nitrogens with zero attached hydrogens (tertiary/aromatic N) is 1. The highest BCUT2D eigenvalue weighted by Crippen LogP contribution is 2.28.